The van der Waals surface area contributed by atoms with Crippen molar-refractivity contribution < 1.29 is 4.79 Å². The van der Waals surface area contributed by atoms with E-state index in [0.717, 1.165) is 19.0 Å². The van der Waals surface area contributed by atoms with Crippen molar-refractivity contribution in [2.45, 2.75) is 40.0 Å². The van der Waals surface area contributed by atoms with E-state index < -0.39 is 0 Å². The fraction of sp³-hybridized carbons (Fsp3) is 0.923. The molecule has 0 aliphatic carbocycles. The normalized spacial score (nSPS) is 17.0. The number of piperidine rings is 1. The molecule has 0 aromatic carbocycles. The van der Waals surface area contributed by atoms with Gasteiger partial charge in [0.15, 0.2) is 0 Å². The van der Waals surface area contributed by atoms with Crippen LogP contribution in [-0.2, 0) is 4.79 Å². The number of carbonyl (C=O) groups is 1. The molecule has 0 aromatic rings. The summed E-state index contributed by atoms with van der Waals surface area (Å²) in [6.45, 7) is 8.72. The average molecular weight is 228 g/mol. The summed E-state index contributed by atoms with van der Waals surface area (Å²) in [6.07, 6.45) is 3.64. The average Bonchev–Trinajstić information content (AvgIpc) is 2.31. The smallest absolute Gasteiger partial charge is 0.236 e. The molecule has 1 rings (SSSR count). The van der Waals surface area contributed by atoms with E-state index in [1.165, 1.54) is 19.3 Å². The van der Waals surface area contributed by atoms with Crippen molar-refractivity contribution in [3.63, 3.8) is 0 Å². The maximum absolute atomic E-state index is 11.7. The summed E-state index contributed by atoms with van der Waals surface area (Å²) in [4.78, 5) is 15.6. The lowest BCUT2D eigenvalue weighted by atomic mass is 9.94. The minimum absolute atomic E-state index is 0.282. The molecule has 3 heteroatoms. The lowest BCUT2D eigenvalue weighted by Gasteiger charge is -2.32. The van der Waals surface area contributed by atoms with Gasteiger partial charge in [-0.1, -0.05) is 27.2 Å². The molecule has 1 heterocycles. The third-order valence-electron chi connectivity index (χ3n) is 3.00. The molecule has 1 fully saturated rings. The molecule has 16 heavy (non-hydrogen) atoms. The van der Waals surface area contributed by atoms with Gasteiger partial charge in [-0.05, 0) is 32.9 Å². The van der Waals surface area contributed by atoms with Gasteiger partial charge in [0, 0.05) is 13.1 Å². The molecule has 0 saturated carbocycles. The Labute approximate surface area is 101 Å². The number of hydrogen-bond donors (Lipinski definition) is 0. The van der Waals surface area contributed by atoms with Crippen LogP contribution in [0.3, 0.4) is 0 Å². The lowest BCUT2D eigenvalue weighted by molar-refractivity contribution is -0.133. The Morgan fingerprint density at radius 2 is 1.75 bits per heavy atom. The highest BCUT2D eigenvalue weighted by Gasteiger charge is 2.21. The Morgan fingerprint density at radius 3 is 2.12 bits per heavy atom. The SMILES string of the molecule is CC.CCC1CCN(C(=O)CN(C)C)CC1. The number of amides is 1. The second-order valence-corrected chi connectivity index (χ2v) is 4.47. The van der Waals surface area contributed by atoms with Crippen LogP contribution >= 0.6 is 0 Å². The van der Waals surface area contributed by atoms with Crippen molar-refractivity contribution in [2.24, 2.45) is 5.92 Å². The van der Waals surface area contributed by atoms with Crippen LogP contribution in [0.5, 0.6) is 0 Å². The summed E-state index contributed by atoms with van der Waals surface area (Å²) < 4.78 is 0. The topological polar surface area (TPSA) is 23.6 Å². The number of rotatable bonds is 3. The number of nitrogens with zero attached hydrogens (tertiary/aromatic N) is 2. The maximum atomic E-state index is 11.7. The molecule has 1 aliphatic heterocycles. The van der Waals surface area contributed by atoms with Crippen molar-refractivity contribution in [2.75, 3.05) is 33.7 Å². The van der Waals surface area contributed by atoms with Crippen molar-refractivity contribution in [1.82, 2.24) is 9.80 Å². The second-order valence-electron chi connectivity index (χ2n) is 4.47. The summed E-state index contributed by atoms with van der Waals surface area (Å²) in [5.74, 6) is 1.13. The molecule has 0 radical (unpaired) electrons. The van der Waals surface area contributed by atoms with Crippen molar-refractivity contribution in [3.05, 3.63) is 0 Å². The molecule has 0 atom stereocenters. The molecule has 1 saturated heterocycles. The minimum Gasteiger partial charge on any atom is -0.342 e. The largest absolute Gasteiger partial charge is 0.342 e. The van der Waals surface area contributed by atoms with Crippen LogP contribution < -0.4 is 0 Å². The Hall–Kier alpha value is -0.570. The molecule has 3 nitrogen and oxygen atoms in total. The van der Waals surface area contributed by atoms with E-state index in [-0.39, 0.29) is 5.91 Å². The lowest BCUT2D eigenvalue weighted by Crippen LogP contribution is -2.42. The molecule has 1 amide bonds. The van der Waals surface area contributed by atoms with Gasteiger partial charge in [0.2, 0.25) is 5.91 Å². The van der Waals surface area contributed by atoms with Crippen LogP contribution in [0.1, 0.15) is 40.0 Å². The van der Waals surface area contributed by atoms with E-state index in [9.17, 15) is 4.79 Å². The Morgan fingerprint density at radius 1 is 1.25 bits per heavy atom. The Kier molecular flexibility index (Phi) is 8.26. The van der Waals surface area contributed by atoms with Gasteiger partial charge < -0.3 is 9.80 Å². The fourth-order valence-electron chi connectivity index (χ4n) is 1.96. The molecule has 0 bridgehead atoms. The highest BCUT2D eigenvalue weighted by atomic mass is 16.2. The third kappa shape index (κ3) is 5.50. The molecule has 96 valence electrons. The van der Waals surface area contributed by atoms with Gasteiger partial charge in [0.25, 0.3) is 0 Å². The third-order valence-corrected chi connectivity index (χ3v) is 3.00. The Balaban J connectivity index is 0.00000106. The second kappa shape index (κ2) is 8.57. The first-order valence-electron chi connectivity index (χ1n) is 6.56. The van der Waals surface area contributed by atoms with Gasteiger partial charge in [0.05, 0.1) is 6.54 Å². The van der Waals surface area contributed by atoms with Crippen LogP contribution in [0.2, 0.25) is 0 Å². The predicted octanol–water partition coefficient (Wildman–Crippen LogP) is 2.22. The van der Waals surface area contributed by atoms with E-state index in [2.05, 4.69) is 6.92 Å². The molecular formula is C13H28N2O. The zero-order chi connectivity index (χ0) is 12.6. The molecular weight excluding hydrogens is 200 g/mol. The van der Waals surface area contributed by atoms with Crippen LogP contribution in [0.15, 0.2) is 0 Å². The molecule has 0 spiro atoms. The summed E-state index contributed by atoms with van der Waals surface area (Å²) >= 11 is 0. The summed E-state index contributed by atoms with van der Waals surface area (Å²) in [6, 6.07) is 0. The molecule has 0 aromatic heterocycles. The van der Waals surface area contributed by atoms with Crippen molar-refractivity contribution in [1.29, 1.82) is 0 Å². The quantitative estimate of drug-likeness (QED) is 0.739. The number of likely N-dealkylation sites (N-methyl/N-ethyl adjacent to an activating group) is 1. The van der Waals surface area contributed by atoms with Crippen LogP contribution in [0.25, 0.3) is 0 Å². The fourth-order valence-corrected chi connectivity index (χ4v) is 1.96. The van der Waals surface area contributed by atoms with E-state index in [4.69, 9.17) is 0 Å². The van der Waals surface area contributed by atoms with Gasteiger partial charge in [-0.25, -0.2) is 0 Å². The zero-order valence-electron chi connectivity index (χ0n) is 11.6. The van der Waals surface area contributed by atoms with Crippen molar-refractivity contribution in [3.8, 4) is 0 Å². The first-order chi connectivity index (χ1) is 7.63. The van der Waals surface area contributed by atoms with E-state index >= 15 is 0 Å². The van der Waals surface area contributed by atoms with Gasteiger partial charge in [0.1, 0.15) is 0 Å². The van der Waals surface area contributed by atoms with Crippen LogP contribution in [0, 0.1) is 5.92 Å². The van der Waals surface area contributed by atoms with Gasteiger partial charge in [-0.15, -0.1) is 0 Å². The zero-order valence-corrected chi connectivity index (χ0v) is 11.6. The number of carbonyl (C=O) groups excluding carboxylic acids is 1. The number of hydrogen-bond acceptors (Lipinski definition) is 2. The first-order valence-corrected chi connectivity index (χ1v) is 6.56. The van der Waals surface area contributed by atoms with E-state index in [1.807, 2.05) is 37.7 Å². The number of likely N-dealkylation sites (tertiary alicyclic amines) is 1. The highest BCUT2D eigenvalue weighted by molar-refractivity contribution is 5.78. The van der Waals surface area contributed by atoms with E-state index in [0.29, 0.717) is 6.54 Å². The highest BCUT2D eigenvalue weighted by Crippen LogP contribution is 2.19. The first kappa shape index (κ1) is 15.4. The monoisotopic (exact) mass is 228 g/mol. The summed E-state index contributed by atoms with van der Waals surface area (Å²) in [5, 5.41) is 0. The molecule has 0 unspecified atom stereocenters. The maximum Gasteiger partial charge on any atom is 0.236 e. The van der Waals surface area contributed by atoms with E-state index in [1.54, 1.807) is 0 Å². The minimum atomic E-state index is 0.282. The predicted molar refractivity (Wildman–Crippen MR) is 69.5 cm³/mol. The molecule has 0 N–H and O–H groups in total. The summed E-state index contributed by atoms with van der Waals surface area (Å²) in [7, 11) is 3.88. The summed E-state index contributed by atoms with van der Waals surface area (Å²) in [5.41, 5.74) is 0. The van der Waals surface area contributed by atoms with Gasteiger partial charge in [-0.2, -0.15) is 0 Å². The Bertz CT molecular complexity index is 184. The van der Waals surface area contributed by atoms with Crippen LogP contribution in [0.4, 0.5) is 0 Å². The van der Waals surface area contributed by atoms with Gasteiger partial charge >= 0.3 is 0 Å². The van der Waals surface area contributed by atoms with Crippen molar-refractivity contribution >= 4 is 5.91 Å². The standard InChI is InChI=1S/C11H22N2O.C2H6/c1-4-10-5-7-13(8-6-10)11(14)9-12(2)3;1-2/h10H,4-9H2,1-3H3;1-2H3. The molecule has 1 aliphatic rings. The van der Waals surface area contributed by atoms with Gasteiger partial charge in [-0.3, -0.25) is 4.79 Å². The van der Waals surface area contributed by atoms with Crippen LogP contribution in [-0.4, -0.2) is 49.4 Å².